The Balaban J connectivity index is 1.92. The van der Waals surface area contributed by atoms with Crippen molar-refractivity contribution < 1.29 is 19.1 Å². The van der Waals surface area contributed by atoms with Crippen molar-refractivity contribution in [1.29, 1.82) is 0 Å². The van der Waals surface area contributed by atoms with Crippen LogP contribution in [0.3, 0.4) is 0 Å². The van der Waals surface area contributed by atoms with Crippen molar-refractivity contribution in [3.63, 3.8) is 0 Å². The maximum Gasteiger partial charge on any atom is 0.286 e. The summed E-state index contributed by atoms with van der Waals surface area (Å²) in [6, 6.07) is 6.57. The number of benzene rings is 1. The van der Waals surface area contributed by atoms with Crippen molar-refractivity contribution >= 4 is 28.8 Å². The zero-order valence-corrected chi connectivity index (χ0v) is 14.2. The van der Waals surface area contributed by atoms with Gasteiger partial charge in [-0.05, 0) is 24.3 Å². The maximum absolute atomic E-state index is 12.1. The van der Waals surface area contributed by atoms with Crippen LogP contribution in [0.4, 0.5) is 5.69 Å². The van der Waals surface area contributed by atoms with Crippen LogP contribution in [0, 0.1) is 0 Å². The standard InChI is InChI=1S/C15H18N4O4S/c1-22-8-7-16-13(20)10-3-5-11(6-4-10)17-14(21)15-19-18-12(24-15)9-23-2/h3-6H,7-9H2,1-2H3,(H,16,20)(H,17,21). The normalized spacial score (nSPS) is 10.4. The Morgan fingerprint density at radius 1 is 1.08 bits per heavy atom. The Labute approximate surface area is 143 Å². The van der Waals surface area contributed by atoms with Crippen molar-refractivity contribution in [2.75, 3.05) is 32.7 Å². The van der Waals surface area contributed by atoms with Crippen LogP contribution >= 0.6 is 11.3 Å². The van der Waals surface area contributed by atoms with E-state index < -0.39 is 0 Å². The molecule has 0 aliphatic rings. The first-order valence-electron chi connectivity index (χ1n) is 7.14. The molecule has 0 spiro atoms. The number of nitrogens with one attached hydrogen (secondary N) is 2. The molecule has 0 saturated carbocycles. The van der Waals surface area contributed by atoms with Gasteiger partial charge in [0, 0.05) is 32.0 Å². The van der Waals surface area contributed by atoms with Crippen LogP contribution in [0.1, 0.15) is 25.2 Å². The van der Waals surface area contributed by atoms with E-state index >= 15 is 0 Å². The van der Waals surface area contributed by atoms with Crippen molar-refractivity contribution in [3.8, 4) is 0 Å². The number of carbonyl (C=O) groups is 2. The van der Waals surface area contributed by atoms with Crippen LogP contribution in [0.2, 0.25) is 0 Å². The number of carbonyl (C=O) groups excluding carboxylic acids is 2. The number of hydrogen-bond donors (Lipinski definition) is 2. The number of aromatic nitrogens is 2. The number of ether oxygens (including phenoxy) is 2. The highest BCUT2D eigenvalue weighted by molar-refractivity contribution is 7.13. The number of rotatable bonds is 8. The molecule has 1 aromatic carbocycles. The highest BCUT2D eigenvalue weighted by Gasteiger charge is 2.13. The van der Waals surface area contributed by atoms with Gasteiger partial charge in [0.25, 0.3) is 11.8 Å². The van der Waals surface area contributed by atoms with E-state index in [9.17, 15) is 9.59 Å². The number of amides is 2. The molecule has 0 atom stereocenters. The van der Waals surface area contributed by atoms with Gasteiger partial charge >= 0.3 is 0 Å². The highest BCUT2D eigenvalue weighted by atomic mass is 32.1. The van der Waals surface area contributed by atoms with Gasteiger partial charge < -0.3 is 20.1 Å². The molecule has 128 valence electrons. The molecular formula is C15H18N4O4S. The monoisotopic (exact) mass is 350 g/mol. The SMILES string of the molecule is COCCNC(=O)c1ccc(NC(=O)c2nnc(COC)s2)cc1. The molecule has 2 aromatic rings. The zero-order valence-electron chi connectivity index (χ0n) is 13.4. The van der Waals surface area contributed by atoms with E-state index in [0.717, 1.165) is 0 Å². The lowest BCUT2D eigenvalue weighted by Gasteiger charge is -2.06. The van der Waals surface area contributed by atoms with Crippen LogP contribution in [-0.4, -0.2) is 49.4 Å². The van der Waals surface area contributed by atoms with E-state index in [0.29, 0.717) is 36.0 Å². The molecular weight excluding hydrogens is 332 g/mol. The first-order valence-corrected chi connectivity index (χ1v) is 7.95. The van der Waals surface area contributed by atoms with Crippen LogP contribution in [0.15, 0.2) is 24.3 Å². The summed E-state index contributed by atoms with van der Waals surface area (Å²) >= 11 is 1.17. The lowest BCUT2D eigenvalue weighted by atomic mass is 10.2. The lowest BCUT2D eigenvalue weighted by Crippen LogP contribution is -2.26. The largest absolute Gasteiger partial charge is 0.383 e. The minimum absolute atomic E-state index is 0.196. The Bertz CT molecular complexity index is 687. The Kier molecular flexibility index (Phi) is 6.79. The van der Waals surface area contributed by atoms with Crippen LogP contribution in [0.25, 0.3) is 0 Å². The molecule has 2 amide bonds. The van der Waals surface area contributed by atoms with Gasteiger partial charge in [0.1, 0.15) is 5.01 Å². The summed E-state index contributed by atoms with van der Waals surface area (Å²) in [5.74, 6) is -0.551. The van der Waals surface area contributed by atoms with Gasteiger partial charge in [-0.2, -0.15) is 0 Å². The molecule has 0 saturated heterocycles. The second kappa shape index (κ2) is 9.06. The third kappa shape index (κ3) is 5.08. The topological polar surface area (TPSA) is 102 Å². The third-order valence-corrected chi connectivity index (χ3v) is 3.82. The molecule has 1 aromatic heterocycles. The Morgan fingerprint density at radius 3 is 2.50 bits per heavy atom. The van der Waals surface area contributed by atoms with Gasteiger partial charge in [-0.25, -0.2) is 0 Å². The first kappa shape index (κ1) is 18.0. The fourth-order valence-electron chi connectivity index (χ4n) is 1.79. The molecule has 9 heteroatoms. The van der Waals surface area contributed by atoms with Gasteiger partial charge in [-0.15, -0.1) is 10.2 Å². The molecule has 0 aliphatic heterocycles. The van der Waals surface area contributed by atoms with E-state index in [-0.39, 0.29) is 16.8 Å². The third-order valence-electron chi connectivity index (χ3n) is 2.93. The van der Waals surface area contributed by atoms with Crippen molar-refractivity contribution in [3.05, 3.63) is 39.8 Å². The molecule has 8 nitrogen and oxygen atoms in total. The quantitative estimate of drug-likeness (QED) is 0.696. The fourth-order valence-corrected chi connectivity index (χ4v) is 2.49. The molecule has 2 rings (SSSR count). The second-order valence-corrected chi connectivity index (χ2v) is 5.78. The van der Waals surface area contributed by atoms with Crippen LogP contribution in [-0.2, 0) is 16.1 Å². The summed E-state index contributed by atoms with van der Waals surface area (Å²) in [5.41, 5.74) is 1.07. The molecule has 0 radical (unpaired) electrons. The fraction of sp³-hybridized carbons (Fsp3) is 0.333. The molecule has 24 heavy (non-hydrogen) atoms. The maximum atomic E-state index is 12.1. The average Bonchev–Trinajstić information content (AvgIpc) is 3.05. The van der Waals surface area contributed by atoms with E-state index in [1.54, 1.807) is 38.5 Å². The summed E-state index contributed by atoms with van der Waals surface area (Å²) in [7, 11) is 3.12. The van der Waals surface area contributed by atoms with Gasteiger partial charge in [0.2, 0.25) is 5.01 Å². The summed E-state index contributed by atoms with van der Waals surface area (Å²) < 4.78 is 9.81. The predicted molar refractivity (Wildman–Crippen MR) is 89.2 cm³/mol. The number of anilines is 1. The zero-order chi connectivity index (χ0) is 17.4. The summed E-state index contributed by atoms with van der Waals surface area (Å²) in [4.78, 5) is 23.9. The van der Waals surface area contributed by atoms with Crippen molar-refractivity contribution in [1.82, 2.24) is 15.5 Å². The van der Waals surface area contributed by atoms with E-state index in [1.807, 2.05) is 0 Å². The van der Waals surface area contributed by atoms with Gasteiger partial charge in [-0.1, -0.05) is 11.3 Å². The molecule has 0 unspecified atom stereocenters. The van der Waals surface area contributed by atoms with Crippen molar-refractivity contribution in [2.24, 2.45) is 0 Å². The van der Waals surface area contributed by atoms with Gasteiger partial charge in [-0.3, -0.25) is 9.59 Å². The molecule has 0 fully saturated rings. The summed E-state index contributed by atoms with van der Waals surface area (Å²) in [5, 5.41) is 14.0. The number of nitrogens with zero attached hydrogens (tertiary/aromatic N) is 2. The van der Waals surface area contributed by atoms with Crippen LogP contribution in [0.5, 0.6) is 0 Å². The average molecular weight is 350 g/mol. The van der Waals surface area contributed by atoms with E-state index in [4.69, 9.17) is 9.47 Å². The smallest absolute Gasteiger partial charge is 0.286 e. The van der Waals surface area contributed by atoms with E-state index in [1.165, 1.54) is 11.3 Å². The number of methoxy groups -OCH3 is 2. The number of hydrogen-bond acceptors (Lipinski definition) is 7. The first-order chi connectivity index (χ1) is 11.6. The van der Waals surface area contributed by atoms with Gasteiger partial charge in [0.05, 0.1) is 13.2 Å². The lowest BCUT2D eigenvalue weighted by molar-refractivity contribution is 0.0936. The predicted octanol–water partition coefficient (Wildman–Crippen LogP) is 1.31. The summed E-state index contributed by atoms with van der Waals surface area (Å²) in [6.45, 7) is 1.21. The second-order valence-electron chi connectivity index (χ2n) is 4.71. The van der Waals surface area contributed by atoms with E-state index in [2.05, 4.69) is 20.8 Å². The minimum Gasteiger partial charge on any atom is -0.383 e. The Morgan fingerprint density at radius 2 is 1.83 bits per heavy atom. The summed E-state index contributed by atoms with van der Waals surface area (Å²) in [6.07, 6.45) is 0. The molecule has 0 aliphatic carbocycles. The minimum atomic E-state index is -0.354. The Hall–Kier alpha value is -2.36. The van der Waals surface area contributed by atoms with Crippen LogP contribution < -0.4 is 10.6 Å². The molecule has 0 bridgehead atoms. The highest BCUT2D eigenvalue weighted by Crippen LogP contribution is 2.14. The molecule has 1 heterocycles. The van der Waals surface area contributed by atoms with Crippen molar-refractivity contribution in [2.45, 2.75) is 6.61 Å². The van der Waals surface area contributed by atoms with Gasteiger partial charge in [0.15, 0.2) is 0 Å². The molecule has 2 N–H and O–H groups in total.